The Morgan fingerprint density at radius 3 is 2.90 bits per heavy atom. The van der Waals surface area contributed by atoms with Crippen molar-refractivity contribution in [1.29, 1.82) is 0 Å². The summed E-state index contributed by atoms with van der Waals surface area (Å²) in [6.07, 6.45) is 8.45. The lowest BCUT2D eigenvalue weighted by Gasteiger charge is -2.16. The molecule has 0 saturated carbocycles. The molecule has 3 nitrogen and oxygen atoms in total. The van der Waals surface area contributed by atoms with E-state index in [1.807, 2.05) is 12.1 Å². The van der Waals surface area contributed by atoms with Crippen molar-refractivity contribution >= 4 is 27.0 Å². The van der Waals surface area contributed by atoms with Crippen LogP contribution in [0, 0.1) is 5.92 Å². The molecule has 2 aromatic rings. The molecule has 0 bridgehead atoms. The summed E-state index contributed by atoms with van der Waals surface area (Å²) < 4.78 is 6.93. The summed E-state index contributed by atoms with van der Waals surface area (Å²) in [6, 6.07) is 3.86. The van der Waals surface area contributed by atoms with Gasteiger partial charge in [-0.2, -0.15) is 0 Å². The molecule has 0 fully saturated rings. The van der Waals surface area contributed by atoms with E-state index in [9.17, 15) is 0 Å². The summed E-state index contributed by atoms with van der Waals surface area (Å²) in [6.45, 7) is 5.21. The number of aromatic nitrogens is 2. The van der Waals surface area contributed by atoms with Crippen LogP contribution in [0.1, 0.15) is 39.5 Å². The molecular weight excluding hydrogens is 316 g/mol. The third-order valence-corrected chi connectivity index (χ3v) is 3.96. The van der Waals surface area contributed by atoms with E-state index >= 15 is 0 Å². The standard InChI is InChI=1S/C16H21BrN2O/c1-3-5-6-12(4-2)11-20-15-7-8-18-14-9-13(17)10-19-16(14)15/h7-10,12H,3-6,11H2,1-2H3. The second-order valence-corrected chi connectivity index (χ2v) is 5.97. The van der Waals surface area contributed by atoms with Crippen molar-refractivity contribution in [3.63, 3.8) is 0 Å². The van der Waals surface area contributed by atoms with Crippen LogP contribution in [0.25, 0.3) is 11.0 Å². The monoisotopic (exact) mass is 336 g/mol. The lowest BCUT2D eigenvalue weighted by molar-refractivity contribution is 0.235. The van der Waals surface area contributed by atoms with Crippen molar-refractivity contribution in [2.75, 3.05) is 6.61 Å². The van der Waals surface area contributed by atoms with E-state index < -0.39 is 0 Å². The molecule has 108 valence electrons. The lowest BCUT2D eigenvalue weighted by atomic mass is 10.0. The van der Waals surface area contributed by atoms with Crippen LogP contribution >= 0.6 is 15.9 Å². The predicted octanol–water partition coefficient (Wildman–Crippen LogP) is 4.99. The van der Waals surface area contributed by atoms with Crippen LogP contribution in [0.3, 0.4) is 0 Å². The zero-order valence-electron chi connectivity index (χ0n) is 12.1. The number of hydrogen-bond acceptors (Lipinski definition) is 3. The molecule has 20 heavy (non-hydrogen) atoms. The Balaban J connectivity index is 2.09. The maximum absolute atomic E-state index is 5.99. The van der Waals surface area contributed by atoms with E-state index in [4.69, 9.17) is 4.74 Å². The molecule has 2 heterocycles. The maximum atomic E-state index is 5.99. The van der Waals surface area contributed by atoms with Crippen molar-refractivity contribution in [2.45, 2.75) is 39.5 Å². The van der Waals surface area contributed by atoms with Crippen LogP contribution < -0.4 is 4.74 Å². The van der Waals surface area contributed by atoms with E-state index in [0.29, 0.717) is 5.92 Å². The van der Waals surface area contributed by atoms with Gasteiger partial charge in [-0.3, -0.25) is 4.98 Å². The number of hydrogen-bond donors (Lipinski definition) is 0. The Bertz CT molecular complexity index is 559. The van der Waals surface area contributed by atoms with Gasteiger partial charge in [-0.15, -0.1) is 0 Å². The quantitative estimate of drug-likeness (QED) is 0.714. The second-order valence-electron chi connectivity index (χ2n) is 5.06. The predicted molar refractivity (Wildman–Crippen MR) is 86.0 cm³/mol. The van der Waals surface area contributed by atoms with Gasteiger partial charge in [0, 0.05) is 22.9 Å². The van der Waals surface area contributed by atoms with Crippen molar-refractivity contribution in [1.82, 2.24) is 9.97 Å². The van der Waals surface area contributed by atoms with Gasteiger partial charge in [-0.1, -0.05) is 33.1 Å². The van der Waals surface area contributed by atoms with Crippen LogP contribution in [0.5, 0.6) is 5.75 Å². The van der Waals surface area contributed by atoms with Gasteiger partial charge in [-0.25, -0.2) is 4.98 Å². The molecule has 2 rings (SSSR count). The molecule has 1 atom stereocenters. The van der Waals surface area contributed by atoms with Gasteiger partial charge in [-0.05, 0) is 34.3 Å². The highest BCUT2D eigenvalue weighted by atomic mass is 79.9. The van der Waals surface area contributed by atoms with Crippen molar-refractivity contribution < 1.29 is 4.74 Å². The van der Waals surface area contributed by atoms with Gasteiger partial charge in [0.25, 0.3) is 0 Å². The summed E-state index contributed by atoms with van der Waals surface area (Å²) in [5, 5.41) is 0. The molecule has 0 saturated heterocycles. The van der Waals surface area contributed by atoms with Gasteiger partial charge in [0.2, 0.25) is 0 Å². The summed E-state index contributed by atoms with van der Waals surface area (Å²) in [4.78, 5) is 8.74. The smallest absolute Gasteiger partial charge is 0.148 e. The number of ether oxygens (including phenoxy) is 1. The Morgan fingerprint density at radius 2 is 2.15 bits per heavy atom. The fourth-order valence-electron chi connectivity index (χ4n) is 2.20. The van der Waals surface area contributed by atoms with Crippen LogP contribution in [0.15, 0.2) is 29.0 Å². The highest BCUT2D eigenvalue weighted by Gasteiger charge is 2.10. The number of fused-ring (bicyclic) bond motifs is 1. The number of nitrogens with zero attached hydrogens (tertiary/aromatic N) is 2. The number of rotatable bonds is 7. The van der Waals surface area contributed by atoms with Gasteiger partial charge >= 0.3 is 0 Å². The Kier molecular flexibility index (Phi) is 5.77. The molecule has 0 amide bonds. The first-order chi connectivity index (χ1) is 9.74. The minimum atomic E-state index is 0.619. The average Bonchev–Trinajstić information content (AvgIpc) is 2.47. The molecule has 0 N–H and O–H groups in total. The molecule has 0 spiro atoms. The number of unbranched alkanes of at least 4 members (excludes halogenated alkanes) is 1. The van der Waals surface area contributed by atoms with E-state index in [1.54, 1.807) is 12.4 Å². The first kappa shape index (κ1) is 15.2. The normalized spacial score (nSPS) is 12.6. The molecular formula is C16H21BrN2O. The minimum Gasteiger partial charge on any atom is -0.491 e. The zero-order chi connectivity index (χ0) is 14.4. The van der Waals surface area contributed by atoms with E-state index in [1.165, 1.54) is 19.3 Å². The molecule has 1 unspecified atom stereocenters. The highest BCUT2D eigenvalue weighted by molar-refractivity contribution is 9.10. The third-order valence-electron chi connectivity index (χ3n) is 3.52. The number of halogens is 1. The van der Waals surface area contributed by atoms with Gasteiger partial charge in [0.05, 0.1) is 12.1 Å². The lowest BCUT2D eigenvalue weighted by Crippen LogP contribution is -2.11. The molecule has 0 aliphatic carbocycles. The van der Waals surface area contributed by atoms with Crippen LogP contribution in [-0.4, -0.2) is 16.6 Å². The van der Waals surface area contributed by atoms with Crippen LogP contribution in [0.4, 0.5) is 0 Å². The van der Waals surface area contributed by atoms with Gasteiger partial charge < -0.3 is 4.74 Å². The maximum Gasteiger partial charge on any atom is 0.148 e. The van der Waals surface area contributed by atoms with E-state index in [0.717, 1.165) is 34.3 Å². The fraction of sp³-hybridized carbons (Fsp3) is 0.500. The Labute approximate surface area is 128 Å². The van der Waals surface area contributed by atoms with Crippen LogP contribution in [0.2, 0.25) is 0 Å². The molecule has 2 aromatic heterocycles. The first-order valence-electron chi connectivity index (χ1n) is 7.27. The van der Waals surface area contributed by atoms with E-state index in [2.05, 4.69) is 39.7 Å². The summed E-state index contributed by atoms with van der Waals surface area (Å²) in [5.41, 5.74) is 1.69. The average molecular weight is 337 g/mol. The fourth-order valence-corrected chi connectivity index (χ4v) is 2.52. The topological polar surface area (TPSA) is 35.0 Å². The van der Waals surface area contributed by atoms with Crippen molar-refractivity contribution in [2.24, 2.45) is 5.92 Å². The summed E-state index contributed by atoms with van der Waals surface area (Å²) in [7, 11) is 0. The number of pyridine rings is 2. The first-order valence-corrected chi connectivity index (χ1v) is 8.07. The Morgan fingerprint density at radius 1 is 1.30 bits per heavy atom. The highest BCUT2D eigenvalue weighted by Crippen LogP contribution is 2.25. The molecule has 4 heteroatoms. The SMILES string of the molecule is CCCCC(CC)COc1ccnc2cc(Br)cnc12. The van der Waals surface area contributed by atoms with Crippen LogP contribution in [-0.2, 0) is 0 Å². The van der Waals surface area contributed by atoms with Gasteiger partial charge in [0.15, 0.2) is 0 Å². The molecule has 0 aromatic carbocycles. The molecule has 0 radical (unpaired) electrons. The third kappa shape index (κ3) is 3.92. The largest absolute Gasteiger partial charge is 0.491 e. The molecule has 0 aliphatic rings. The molecule has 0 aliphatic heterocycles. The van der Waals surface area contributed by atoms with Crippen molar-refractivity contribution in [3.05, 3.63) is 29.0 Å². The van der Waals surface area contributed by atoms with E-state index in [-0.39, 0.29) is 0 Å². The zero-order valence-corrected chi connectivity index (χ0v) is 13.7. The summed E-state index contributed by atoms with van der Waals surface area (Å²) in [5.74, 6) is 1.45. The van der Waals surface area contributed by atoms with Gasteiger partial charge in [0.1, 0.15) is 11.3 Å². The van der Waals surface area contributed by atoms with Crippen molar-refractivity contribution in [3.8, 4) is 5.75 Å². The Hall–Kier alpha value is -1.16. The second kappa shape index (κ2) is 7.58. The minimum absolute atomic E-state index is 0.619. The summed E-state index contributed by atoms with van der Waals surface area (Å²) >= 11 is 3.42.